The van der Waals surface area contributed by atoms with Crippen LogP contribution in [-0.2, 0) is 16.0 Å². The number of rotatable bonds is 3. The second kappa shape index (κ2) is 7.28. The van der Waals surface area contributed by atoms with E-state index in [0.29, 0.717) is 0 Å². The highest BCUT2D eigenvalue weighted by Crippen LogP contribution is 2.36. The summed E-state index contributed by atoms with van der Waals surface area (Å²) in [5.74, 6) is 0. The third-order valence-electron chi connectivity index (χ3n) is 4.10. The van der Waals surface area contributed by atoms with E-state index in [0.717, 1.165) is 18.4 Å². The summed E-state index contributed by atoms with van der Waals surface area (Å²) < 4.78 is 5.53. The maximum absolute atomic E-state index is 12.6. The lowest BCUT2D eigenvalue weighted by atomic mass is 9.98. The van der Waals surface area contributed by atoms with Crippen LogP contribution in [0, 0.1) is 0 Å². The fourth-order valence-electron chi connectivity index (χ4n) is 3.04. The molecule has 25 heavy (non-hydrogen) atoms. The van der Waals surface area contributed by atoms with Crippen molar-refractivity contribution < 1.29 is 14.4 Å². The van der Waals surface area contributed by atoms with Gasteiger partial charge in [0.1, 0.15) is 5.60 Å². The standard InChI is InChI=1S/C21H25NO3/c1-21(2,3)24-20(23)22-19(17-12-8-5-9-13-17)15-18(25-22)14-16-10-6-4-7-11-16/h4-13,18-19H,14-15H2,1-3H3. The number of amides is 1. The number of hydrogen-bond donors (Lipinski definition) is 0. The van der Waals surface area contributed by atoms with Gasteiger partial charge in [0.15, 0.2) is 0 Å². The molecule has 4 heteroatoms. The van der Waals surface area contributed by atoms with Gasteiger partial charge in [-0.05, 0) is 31.9 Å². The van der Waals surface area contributed by atoms with Gasteiger partial charge in [0.2, 0.25) is 0 Å². The second-order valence-electron chi connectivity index (χ2n) is 7.39. The molecule has 2 aromatic rings. The van der Waals surface area contributed by atoms with Crippen LogP contribution in [0.15, 0.2) is 60.7 Å². The number of nitrogens with zero attached hydrogens (tertiary/aromatic N) is 1. The third-order valence-corrected chi connectivity index (χ3v) is 4.10. The molecule has 0 saturated carbocycles. The van der Waals surface area contributed by atoms with Gasteiger partial charge in [0.25, 0.3) is 0 Å². The van der Waals surface area contributed by atoms with Gasteiger partial charge in [-0.1, -0.05) is 60.7 Å². The highest BCUT2D eigenvalue weighted by atomic mass is 16.7. The Kier molecular flexibility index (Phi) is 5.09. The first kappa shape index (κ1) is 17.5. The maximum atomic E-state index is 12.6. The van der Waals surface area contributed by atoms with Crippen LogP contribution in [0.4, 0.5) is 4.79 Å². The second-order valence-corrected chi connectivity index (χ2v) is 7.39. The smallest absolute Gasteiger partial charge is 0.435 e. The van der Waals surface area contributed by atoms with Gasteiger partial charge >= 0.3 is 6.09 Å². The van der Waals surface area contributed by atoms with Gasteiger partial charge in [-0.2, -0.15) is 5.06 Å². The SMILES string of the molecule is CC(C)(C)OC(=O)N1OC(Cc2ccccc2)CC1c1ccccc1. The van der Waals surface area contributed by atoms with Gasteiger partial charge < -0.3 is 4.74 Å². The van der Waals surface area contributed by atoms with E-state index in [2.05, 4.69) is 12.1 Å². The van der Waals surface area contributed by atoms with Crippen LogP contribution in [0.3, 0.4) is 0 Å². The Morgan fingerprint density at radius 1 is 1.08 bits per heavy atom. The zero-order valence-corrected chi connectivity index (χ0v) is 15.0. The first-order valence-electron chi connectivity index (χ1n) is 8.70. The lowest BCUT2D eigenvalue weighted by Crippen LogP contribution is -2.36. The van der Waals surface area contributed by atoms with E-state index >= 15 is 0 Å². The van der Waals surface area contributed by atoms with Crippen LogP contribution in [-0.4, -0.2) is 22.9 Å². The van der Waals surface area contributed by atoms with Gasteiger partial charge in [-0.15, -0.1) is 0 Å². The molecule has 1 aliphatic rings. The minimum absolute atomic E-state index is 0.0554. The lowest BCUT2D eigenvalue weighted by Gasteiger charge is -2.27. The Labute approximate surface area is 149 Å². The molecule has 0 N–H and O–H groups in total. The summed E-state index contributed by atoms with van der Waals surface area (Å²) in [6, 6.07) is 20.0. The number of benzene rings is 2. The van der Waals surface area contributed by atoms with Crippen molar-refractivity contribution in [2.24, 2.45) is 0 Å². The van der Waals surface area contributed by atoms with Crippen molar-refractivity contribution in [3.05, 3.63) is 71.8 Å². The van der Waals surface area contributed by atoms with E-state index in [-0.39, 0.29) is 12.1 Å². The zero-order valence-electron chi connectivity index (χ0n) is 15.0. The monoisotopic (exact) mass is 339 g/mol. The Hall–Kier alpha value is -2.33. The Morgan fingerprint density at radius 3 is 2.28 bits per heavy atom. The summed E-state index contributed by atoms with van der Waals surface area (Å²) >= 11 is 0. The van der Waals surface area contributed by atoms with E-state index in [1.54, 1.807) is 0 Å². The van der Waals surface area contributed by atoms with Crippen molar-refractivity contribution >= 4 is 6.09 Å². The molecular weight excluding hydrogens is 314 g/mol. The van der Waals surface area contributed by atoms with Gasteiger partial charge in [0.05, 0.1) is 12.1 Å². The molecule has 1 fully saturated rings. The van der Waals surface area contributed by atoms with Crippen molar-refractivity contribution in [3.8, 4) is 0 Å². The van der Waals surface area contributed by atoms with Gasteiger partial charge in [0, 0.05) is 12.8 Å². The number of carbonyl (C=O) groups is 1. The molecular formula is C21H25NO3. The summed E-state index contributed by atoms with van der Waals surface area (Å²) in [6.45, 7) is 5.58. The minimum atomic E-state index is -0.556. The highest BCUT2D eigenvalue weighted by molar-refractivity contribution is 5.68. The van der Waals surface area contributed by atoms with Crippen LogP contribution in [0.1, 0.15) is 44.4 Å². The molecule has 3 rings (SSSR count). The molecule has 1 saturated heterocycles. The average molecular weight is 339 g/mol. The van der Waals surface area contributed by atoms with E-state index in [1.807, 2.05) is 69.3 Å². The summed E-state index contributed by atoms with van der Waals surface area (Å²) in [6.07, 6.45) is 1.03. The predicted octanol–water partition coefficient (Wildman–Crippen LogP) is 4.91. The summed E-state index contributed by atoms with van der Waals surface area (Å²) in [5.41, 5.74) is 1.70. The fraction of sp³-hybridized carbons (Fsp3) is 0.381. The molecule has 1 amide bonds. The molecule has 0 radical (unpaired) electrons. The molecule has 4 nitrogen and oxygen atoms in total. The van der Waals surface area contributed by atoms with Gasteiger partial charge in [-0.3, -0.25) is 4.84 Å². The number of ether oxygens (including phenoxy) is 1. The molecule has 0 bridgehead atoms. The van der Waals surface area contributed by atoms with Crippen LogP contribution in [0.2, 0.25) is 0 Å². The summed E-state index contributed by atoms with van der Waals surface area (Å²) in [5, 5.41) is 1.41. The molecule has 0 spiro atoms. The van der Waals surface area contributed by atoms with Crippen LogP contribution in [0.25, 0.3) is 0 Å². The largest absolute Gasteiger partial charge is 0.442 e. The normalized spacial score (nSPS) is 20.5. The van der Waals surface area contributed by atoms with E-state index in [1.165, 1.54) is 10.6 Å². The fourth-order valence-corrected chi connectivity index (χ4v) is 3.04. The zero-order chi connectivity index (χ0) is 17.9. The predicted molar refractivity (Wildman–Crippen MR) is 96.9 cm³/mol. The number of hydrogen-bond acceptors (Lipinski definition) is 3. The Balaban J connectivity index is 1.79. The summed E-state index contributed by atoms with van der Waals surface area (Å²) in [7, 11) is 0. The van der Waals surface area contributed by atoms with Gasteiger partial charge in [-0.25, -0.2) is 4.79 Å². The highest BCUT2D eigenvalue weighted by Gasteiger charge is 2.40. The lowest BCUT2D eigenvalue weighted by molar-refractivity contribution is -0.150. The first-order valence-corrected chi connectivity index (χ1v) is 8.70. The third kappa shape index (κ3) is 4.60. The average Bonchev–Trinajstić information content (AvgIpc) is 2.99. The molecule has 1 aliphatic heterocycles. The van der Waals surface area contributed by atoms with Crippen molar-refractivity contribution in [3.63, 3.8) is 0 Å². The van der Waals surface area contributed by atoms with Crippen molar-refractivity contribution in [1.29, 1.82) is 0 Å². The molecule has 0 aromatic heterocycles. The Bertz CT molecular complexity index is 694. The summed E-state index contributed by atoms with van der Waals surface area (Å²) in [4.78, 5) is 18.6. The molecule has 0 aliphatic carbocycles. The first-order chi connectivity index (χ1) is 11.9. The van der Waals surface area contributed by atoms with Crippen LogP contribution < -0.4 is 0 Å². The van der Waals surface area contributed by atoms with Crippen LogP contribution in [0.5, 0.6) is 0 Å². The minimum Gasteiger partial charge on any atom is -0.442 e. The van der Waals surface area contributed by atoms with E-state index in [9.17, 15) is 4.79 Å². The Morgan fingerprint density at radius 2 is 1.68 bits per heavy atom. The maximum Gasteiger partial charge on any atom is 0.435 e. The number of hydroxylamine groups is 2. The molecule has 132 valence electrons. The van der Waals surface area contributed by atoms with Crippen molar-refractivity contribution in [2.75, 3.05) is 0 Å². The molecule has 2 atom stereocenters. The van der Waals surface area contributed by atoms with Crippen LogP contribution >= 0.6 is 0 Å². The van der Waals surface area contributed by atoms with Crippen molar-refractivity contribution in [1.82, 2.24) is 5.06 Å². The number of carbonyl (C=O) groups excluding carboxylic acids is 1. The van der Waals surface area contributed by atoms with Crippen molar-refractivity contribution in [2.45, 2.75) is 51.4 Å². The quantitative estimate of drug-likeness (QED) is 0.797. The molecule has 2 aromatic carbocycles. The van der Waals surface area contributed by atoms with E-state index in [4.69, 9.17) is 9.57 Å². The topological polar surface area (TPSA) is 38.8 Å². The molecule has 1 heterocycles. The molecule has 2 unspecified atom stereocenters. The van der Waals surface area contributed by atoms with E-state index < -0.39 is 11.7 Å².